The molecule has 3 rings (SSSR count). The van der Waals surface area contributed by atoms with Gasteiger partial charge in [-0.25, -0.2) is 4.99 Å². The molecule has 0 bridgehead atoms. The zero-order chi connectivity index (χ0) is 17.5. The number of hydrogen-bond donors (Lipinski definition) is 2. The second kappa shape index (κ2) is 5.86. The maximum Gasteiger partial charge on any atom is 0.416 e. The van der Waals surface area contributed by atoms with Crippen molar-refractivity contribution in [2.75, 3.05) is 5.32 Å². The maximum atomic E-state index is 12.9. The lowest BCUT2D eigenvalue weighted by Crippen LogP contribution is -2.38. The van der Waals surface area contributed by atoms with Crippen LogP contribution in [0.4, 0.5) is 32.0 Å². The van der Waals surface area contributed by atoms with Crippen LogP contribution in [0.15, 0.2) is 23.2 Å². The lowest BCUT2D eigenvalue weighted by molar-refractivity contribution is -0.143. The van der Waals surface area contributed by atoms with E-state index < -0.39 is 23.5 Å². The highest BCUT2D eigenvalue weighted by Gasteiger charge is 2.37. The minimum absolute atomic E-state index is 0.0223. The number of aliphatic imine (C=N–C) groups is 1. The summed E-state index contributed by atoms with van der Waals surface area (Å²) >= 11 is 0. The predicted molar refractivity (Wildman–Crippen MR) is 76.7 cm³/mol. The molecule has 0 saturated heterocycles. The van der Waals surface area contributed by atoms with Crippen molar-refractivity contribution in [2.45, 2.75) is 50.1 Å². The Morgan fingerprint density at radius 1 is 0.917 bits per heavy atom. The number of fused-ring (bicyclic) bond motifs is 1. The molecule has 1 aromatic rings. The van der Waals surface area contributed by atoms with Gasteiger partial charge in [-0.3, -0.25) is 0 Å². The molecule has 1 saturated carbocycles. The molecule has 2 N–H and O–H groups in total. The van der Waals surface area contributed by atoms with E-state index in [2.05, 4.69) is 15.6 Å². The van der Waals surface area contributed by atoms with Crippen molar-refractivity contribution >= 4 is 11.6 Å². The summed E-state index contributed by atoms with van der Waals surface area (Å²) in [5, 5.41) is 5.60. The molecule has 1 fully saturated rings. The molecule has 1 aliphatic heterocycles. The molecule has 9 heteroatoms. The predicted octanol–water partition coefficient (Wildman–Crippen LogP) is 4.41. The van der Waals surface area contributed by atoms with Gasteiger partial charge in [0.05, 0.1) is 23.2 Å². The van der Waals surface area contributed by atoms with Crippen molar-refractivity contribution in [3.63, 3.8) is 0 Å². The molecule has 24 heavy (non-hydrogen) atoms. The second-order valence-electron chi connectivity index (χ2n) is 6.00. The Morgan fingerprint density at radius 2 is 1.50 bits per heavy atom. The van der Waals surface area contributed by atoms with Gasteiger partial charge in [-0.15, -0.1) is 0 Å². The summed E-state index contributed by atoms with van der Waals surface area (Å²) in [7, 11) is 0. The molecule has 1 aromatic carbocycles. The molecule has 0 radical (unpaired) electrons. The number of guanidine groups is 1. The van der Waals surface area contributed by atoms with Crippen molar-refractivity contribution in [3.05, 3.63) is 29.3 Å². The first-order valence-electron chi connectivity index (χ1n) is 7.54. The van der Waals surface area contributed by atoms with E-state index in [-0.39, 0.29) is 29.8 Å². The Kier molecular flexibility index (Phi) is 4.13. The van der Waals surface area contributed by atoms with Crippen LogP contribution in [0.3, 0.4) is 0 Å². The van der Waals surface area contributed by atoms with E-state index in [1.165, 1.54) is 0 Å². The SMILES string of the molecule is FC(F)(F)c1cc(NC2=N[C@@H]3CCCC[C@H]3N2)cc(C(F)(F)F)c1. The van der Waals surface area contributed by atoms with Crippen molar-refractivity contribution in [3.8, 4) is 0 Å². The third-order valence-corrected chi connectivity index (χ3v) is 4.20. The zero-order valence-corrected chi connectivity index (χ0v) is 12.4. The van der Waals surface area contributed by atoms with Gasteiger partial charge >= 0.3 is 12.4 Å². The third kappa shape index (κ3) is 3.59. The summed E-state index contributed by atoms with van der Waals surface area (Å²) in [5.41, 5.74) is -2.99. The van der Waals surface area contributed by atoms with E-state index in [0.29, 0.717) is 12.1 Å². The van der Waals surface area contributed by atoms with Crippen LogP contribution < -0.4 is 10.6 Å². The summed E-state index contributed by atoms with van der Waals surface area (Å²) in [6.45, 7) is 0. The summed E-state index contributed by atoms with van der Waals surface area (Å²) in [6.07, 6.45) is -5.94. The van der Waals surface area contributed by atoms with Crippen LogP contribution in [0.2, 0.25) is 0 Å². The van der Waals surface area contributed by atoms with Crippen molar-refractivity contribution in [2.24, 2.45) is 4.99 Å². The van der Waals surface area contributed by atoms with E-state index in [1.54, 1.807) is 0 Å². The fraction of sp³-hybridized carbons (Fsp3) is 0.533. The first-order chi connectivity index (χ1) is 11.1. The van der Waals surface area contributed by atoms with E-state index >= 15 is 0 Å². The second-order valence-corrected chi connectivity index (χ2v) is 6.00. The molecule has 1 aliphatic carbocycles. The standard InChI is InChI=1S/C15H15F6N3/c16-14(17,18)8-5-9(15(19,20)21)7-10(6-8)22-13-23-11-3-1-2-4-12(11)24-13/h5-7,11-12H,1-4H2,(H2,22,23,24)/t11-,12-/m1/s1. The highest BCUT2D eigenvalue weighted by Crippen LogP contribution is 2.37. The molecule has 132 valence electrons. The van der Waals surface area contributed by atoms with Gasteiger partial charge in [-0.1, -0.05) is 12.8 Å². The van der Waals surface area contributed by atoms with Crippen LogP contribution in [0.5, 0.6) is 0 Å². The van der Waals surface area contributed by atoms with Gasteiger partial charge in [0.15, 0.2) is 5.96 Å². The highest BCUT2D eigenvalue weighted by molar-refractivity contribution is 5.95. The van der Waals surface area contributed by atoms with Crippen LogP contribution in [0, 0.1) is 0 Å². The summed E-state index contributed by atoms with van der Waals surface area (Å²) in [4.78, 5) is 4.32. The Morgan fingerprint density at radius 3 is 2.04 bits per heavy atom. The smallest absolute Gasteiger partial charge is 0.351 e. The monoisotopic (exact) mass is 351 g/mol. The molecule has 2 aliphatic rings. The molecule has 0 aromatic heterocycles. The molecule has 0 amide bonds. The molecule has 3 nitrogen and oxygen atoms in total. The number of anilines is 1. The van der Waals surface area contributed by atoms with E-state index in [1.807, 2.05) is 0 Å². The third-order valence-electron chi connectivity index (χ3n) is 4.20. The molecule has 1 heterocycles. The Bertz CT molecular complexity index is 617. The van der Waals surface area contributed by atoms with Crippen LogP contribution in [0.1, 0.15) is 36.8 Å². The van der Waals surface area contributed by atoms with E-state index in [9.17, 15) is 26.3 Å². The number of rotatable bonds is 1. The molecular formula is C15H15F6N3. The number of alkyl halides is 6. The topological polar surface area (TPSA) is 36.4 Å². The highest BCUT2D eigenvalue weighted by atomic mass is 19.4. The first-order valence-corrected chi connectivity index (χ1v) is 7.54. The Labute approximate surface area is 134 Å². The first kappa shape index (κ1) is 16.9. The quantitative estimate of drug-likeness (QED) is 0.736. The maximum absolute atomic E-state index is 12.9. The van der Waals surface area contributed by atoms with Gasteiger partial charge < -0.3 is 10.6 Å². The van der Waals surface area contributed by atoms with E-state index in [4.69, 9.17) is 0 Å². The van der Waals surface area contributed by atoms with Crippen molar-refractivity contribution < 1.29 is 26.3 Å². The van der Waals surface area contributed by atoms with Gasteiger partial charge in [0.1, 0.15) is 0 Å². The lowest BCUT2D eigenvalue weighted by atomic mass is 9.92. The van der Waals surface area contributed by atoms with Crippen molar-refractivity contribution in [1.82, 2.24) is 5.32 Å². The van der Waals surface area contributed by atoms with Crippen LogP contribution >= 0.6 is 0 Å². The molecule has 0 unspecified atom stereocenters. The van der Waals surface area contributed by atoms with Gasteiger partial charge in [0.25, 0.3) is 0 Å². The molecular weight excluding hydrogens is 336 g/mol. The fourth-order valence-electron chi connectivity index (χ4n) is 3.05. The summed E-state index contributed by atoms with van der Waals surface area (Å²) < 4.78 is 77.1. The van der Waals surface area contributed by atoms with Crippen LogP contribution in [-0.2, 0) is 12.4 Å². The lowest BCUT2D eigenvalue weighted by Gasteiger charge is -2.23. The minimum atomic E-state index is -4.86. The van der Waals surface area contributed by atoms with Gasteiger partial charge in [-0.05, 0) is 31.0 Å². The van der Waals surface area contributed by atoms with Gasteiger partial charge in [0, 0.05) is 5.69 Å². The van der Waals surface area contributed by atoms with Crippen molar-refractivity contribution in [1.29, 1.82) is 0 Å². The van der Waals surface area contributed by atoms with Gasteiger partial charge in [0.2, 0.25) is 0 Å². The van der Waals surface area contributed by atoms with Gasteiger partial charge in [-0.2, -0.15) is 26.3 Å². The zero-order valence-electron chi connectivity index (χ0n) is 12.4. The largest absolute Gasteiger partial charge is 0.416 e. The number of halogens is 6. The average Bonchev–Trinajstić information content (AvgIpc) is 2.87. The normalized spacial score (nSPS) is 24.2. The number of benzene rings is 1. The summed E-state index contributed by atoms with van der Waals surface area (Å²) in [5.74, 6) is 0.222. The fourth-order valence-corrected chi connectivity index (χ4v) is 3.05. The Balaban J connectivity index is 1.87. The summed E-state index contributed by atoms with van der Waals surface area (Å²) in [6, 6.07) is 1.53. The van der Waals surface area contributed by atoms with Crippen LogP contribution in [-0.4, -0.2) is 18.0 Å². The number of nitrogens with one attached hydrogen (secondary N) is 2. The Hall–Kier alpha value is -1.93. The number of hydrogen-bond acceptors (Lipinski definition) is 3. The minimum Gasteiger partial charge on any atom is -0.351 e. The van der Waals surface area contributed by atoms with Crippen LogP contribution in [0.25, 0.3) is 0 Å². The molecule has 0 spiro atoms. The molecule has 2 atom stereocenters. The number of nitrogens with zero attached hydrogens (tertiary/aromatic N) is 1. The van der Waals surface area contributed by atoms with E-state index in [0.717, 1.165) is 25.7 Å². The average molecular weight is 351 g/mol.